The van der Waals surface area contributed by atoms with Gasteiger partial charge in [0.15, 0.2) is 0 Å². The summed E-state index contributed by atoms with van der Waals surface area (Å²) in [6.07, 6.45) is 0. The Labute approximate surface area is 145 Å². The van der Waals surface area contributed by atoms with E-state index in [1.165, 1.54) is 0 Å². The number of hydrogen-bond donors (Lipinski definition) is 1. The Kier molecular flexibility index (Phi) is 6.60. The van der Waals surface area contributed by atoms with Crippen molar-refractivity contribution in [2.75, 3.05) is 59.0 Å². The van der Waals surface area contributed by atoms with Crippen molar-refractivity contribution < 1.29 is 14.3 Å². The summed E-state index contributed by atoms with van der Waals surface area (Å²) in [6.45, 7) is 14.3. The van der Waals surface area contributed by atoms with Crippen molar-refractivity contribution >= 4 is 11.8 Å². The molecule has 2 aliphatic rings. The van der Waals surface area contributed by atoms with Gasteiger partial charge in [-0.05, 0) is 27.7 Å². The molecule has 7 nitrogen and oxygen atoms in total. The number of nitrogens with one attached hydrogen (secondary N) is 1. The number of morpholine rings is 1. The van der Waals surface area contributed by atoms with E-state index in [9.17, 15) is 9.59 Å². The topological polar surface area (TPSA) is 65.1 Å². The Balaban J connectivity index is 1.75. The maximum Gasteiger partial charge on any atom is 0.239 e. The number of piperazine rings is 1. The lowest BCUT2D eigenvalue weighted by molar-refractivity contribution is -0.141. The molecule has 0 saturated carbocycles. The predicted molar refractivity (Wildman–Crippen MR) is 92.8 cm³/mol. The standard InChI is InChI=1S/C17H32N4O3/c1-14(16(23)21-9-11-24-12-10-21)20-7-5-19(6-8-20)13-15(22)18-17(2,3)4/h14H,5-13H2,1-4H3,(H,18,22). The van der Waals surface area contributed by atoms with Crippen LogP contribution in [-0.2, 0) is 14.3 Å². The molecule has 2 aliphatic heterocycles. The van der Waals surface area contributed by atoms with Gasteiger partial charge in [0.1, 0.15) is 0 Å². The van der Waals surface area contributed by atoms with E-state index in [0.717, 1.165) is 26.2 Å². The lowest BCUT2D eigenvalue weighted by Gasteiger charge is -2.39. The van der Waals surface area contributed by atoms with E-state index >= 15 is 0 Å². The van der Waals surface area contributed by atoms with Crippen molar-refractivity contribution in [2.24, 2.45) is 0 Å². The van der Waals surface area contributed by atoms with E-state index in [1.54, 1.807) is 0 Å². The highest BCUT2D eigenvalue weighted by Gasteiger charge is 2.30. The molecule has 0 spiro atoms. The van der Waals surface area contributed by atoms with Crippen LogP contribution in [0.5, 0.6) is 0 Å². The zero-order chi connectivity index (χ0) is 17.7. The van der Waals surface area contributed by atoms with Crippen LogP contribution in [-0.4, -0.2) is 97.1 Å². The minimum atomic E-state index is -0.196. The molecule has 24 heavy (non-hydrogen) atoms. The first-order chi connectivity index (χ1) is 11.3. The molecule has 2 heterocycles. The Morgan fingerprint density at radius 2 is 1.62 bits per heavy atom. The summed E-state index contributed by atoms with van der Waals surface area (Å²) in [4.78, 5) is 30.9. The molecule has 2 amide bonds. The SMILES string of the molecule is CC(C(=O)N1CCOCC1)N1CCN(CC(=O)NC(C)(C)C)CC1. The monoisotopic (exact) mass is 340 g/mol. The van der Waals surface area contributed by atoms with Gasteiger partial charge >= 0.3 is 0 Å². The molecular formula is C17H32N4O3. The zero-order valence-electron chi connectivity index (χ0n) is 15.5. The summed E-state index contributed by atoms with van der Waals surface area (Å²) in [6, 6.07) is -0.103. The highest BCUT2D eigenvalue weighted by molar-refractivity contribution is 5.81. The highest BCUT2D eigenvalue weighted by atomic mass is 16.5. The highest BCUT2D eigenvalue weighted by Crippen LogP contribution is 2.10. The van der Waals surface area contributed by atoms with E-state index in [0.29, 0.717) is 32.8 Å². The maximum absolute atomic E-state index is 12.6. The second-order valence-electron chi connectivity index (χ2n) is 7.72. The van der Waals surface area contributed by atoms with Crippen molar-refractivity contribution in [2.45, 2.75) is 39.3 Å². The van der Waals surface area contributed by atoms with Gasteiger partial charge in [0.2, 0.25) is 11.8 Å². The molecule has 0 radical (unpaired) electrons. The second-order valence-corrected chi connectivity index (χ2v) is 7.72. The smallest absolute Gasteiger partial charge is 0.239 e. The van der Waals surface area contributed by atoms with Gasteiger partial charge in [0.25, 0.3) is 0 Å². The van der Waals surface area contributed by atoms with Gasteiger partial charge < -0.3 is 15.0 Å². The van der Waals surface area contributed by atoms with Crippen LogP contribution < -0.4 is 5.32 Å². The van der Waals surface area contributed by atoms with Crippen LogP contribution in [0.4, 0.5) is 0 Å². The summed E-state index contributed by atoms with van der Waals surface area (Å²) in [7, 11) is 0. The van der Waals surface area contributed by atoms with E-state index in [1.807, 2.05) is 32.6 Å². The largest absolute Gasteiger partial charge is 0.378 e. The van der Waals surface area contributed by atoms with Crippen molar-refractivity contribution in [3.8, 4) is 0 Å². The maximum atomic E-state index is 12.6. The van der Waals surface area contributed by atoms with Gasteiger partial charge in [0.05, 0.1) is 25.8 Å². The van der Waals surface area contributed by atoms with Gasteiger partial charge in [0, 0.05) is 44.8 Å². The molecule has 2 rings (SSSR count). The normalized spacial score (nSPS) is 22.2. The van der Waals surface area contributed by atoms with Crippen molar-refractivity contribution in [3.63, 3.8) is 0 Å². The fraction of sp³-hybridized carbons (Fsp3) is 0.882. The summed E-state index contributed by atoms with van der Waals surface area (Å²) in [5.41, 5.74) is -0.196. The summed E-state index contributed by atoms with van der Waals surface area (Å²) in [5, 5.41) is 2.99. The second kappa shape index (κ2) is 8.27. The molecule has 0 bridgehead atoms. The Hall–Kier alpha value is -1.18. The first kappa shape index (κ1) is 19.1. The predicted octanol–water partition coefficient (Wildman–Crippen LogP) is -0.234. The number of carbonyl (C=O) groups excluding carboxylic acids is 2. The van der Waals surface area contributed by atoms with Crippen LogP contribution in [0.1, 0.15) is 27.7 Å². The van der Waals surface area contributed by atoms with Crippen LogP contribution in [0.2, 0.25) is 0 Å². The molecule has 0 aromatic heterocycles. The Morgan fingerprint density at radius 3 is 2.17 bits per heavy atom. The first-order valence-corrected chi connectivity index (χ1v) is 8.90. The average Bonchev–Trinajstić information content (AvgIpc) is 2.53. The molecule has 2 fully saturated rings. The quantitative estimate of drug-likeness (QED) is 0.766. The third-order valence-electron chi connectivity index (χ3n) is 4.52. The van der Waals surface area contributed by atoms with Gasteiger partial charge in [-0.25, -0.2) is 0 Å². The molecule has 0 aromatic carbocycles. The average molecular weight is 340 g/mol. The first-order valence-electron chi connectivity index (χ1n) is 8.90. The molecule has 1 N–H and O–H groups in total. The molecule has 0 aliphatic carbocycles. The molecule has 1 atom stereocenters. The Bertz CT molecular complexity index is 436. The fourth-order valence-electron chi connectivity index (χ4n) is 3.17. The van der Waals surface area contributed by atoms with Crippen LogP contribution in [0.25, 0.3) is 0 Å². The lowest BCUT2D eigenvalue weighted by Crippen LogP contribution is -2.57. The summed E-state index contributed by atoms with van der Waals surface area (Å²) in [5.74, 6) is 0.255. The van der Waals surface area contributed by atoms with E-state index in [2.05, 4.69) is 15.1 Å². The molecule has 2 saturated heterocycles. The van der Waals surface area contributed by atoms with E-state index in [4.69, 9.17) is 4.74 Å². The van der Waals surface area contributed by atoms with Crippen LogP contribution >= 0.6 is 0 Å². The third kappa shape index (κ3) is 5.72. The van der Waals surface area contributed by atoms with Gasteiger partial charge in [-0.1, -0.05) is 0 Å². The lowest BCUT2D eigenvalue weighted by atomic mass is 10.1. The number of carbonyl (C=O) groups is 2. The number of hydrogen-bond acceptors (Lipinski definition) is 5. The number of amides is 2. The van der Waals surface area contributed by atoms with Crippen molar-refractivity contribution in [3.05, 3.63) is 0 Å². The minimum Gasteiger partial charge on any atom is -0.378 e. The molecule has 1 unspecified atom stereocenters. The number of rotatable bonds is 4. The van der Waals surface area contributed by atoms with Crippen molar-refractivity contribution in [1.29, 1.82) is 0 Å². The summed E-state index contributed by atoms with van der Waals surface area (Å²) >= 11 is 0. The van der Waals surface area contributed by atoms with Crippen LogP contribution in [0.15, 0.2) is 0 Å². The van der Waals surface area contributed by atoms with E-state index in [-0.39, 0.29) is 23.4 Å². The molecule has 138 valence electrons. The van der Waals surface area contributed by atoms with Crippen molar-refractivity contribution in [1.82, 2.24) is 20.0 Å². The fourth-order valence-corrected chi connectivity index (χ4v) is 3.17. The number of ether oxygens (including phenoxy) is 1. The third-order valence-corrected chi connectivity index (χ3v) is 4.52. The molecule has 7 heteroatoms. The van der Waals surface area contributed by atoms with Crippen LogP contribution in [0, 0.1) is 0 Å². The molecule has 0 aromatic rings. The Morgan fingerprint density at radius 1 is 1.04 bits per heavy atom. The molecular weight excluding hydrogens is 308 g/mol. The minimum absolute atomic E-state index is 0.0633. The van der Waals surface area contributed by atoms with Gasteiger partial charge in [-0.3, -0.25) is 19.4 Å². The summed E-state index contributed by atoms with van der Waals surface area (Å²) < 4.78 is 5.31. The van der Waals surface area contributed by atoms with E-state index < -0.39 is 0 Å². The van der Waals surface area contributed by atoms with Gasteiger partial charge in [-0.15, -0.1) is 0 Å². The number of nitrogens with zero attached hydrogens (tertiary/aromatic N) is 3. The van der Waals surface area contributed by atoms with Gasteiger partial charge in [-0.2, -0.15) is 0 Å². The van der Waals surface area contributed by atoms with Crippen LogP contribution in [0.3, 0.4) is 0 Å². The zero-order valence-corrected chi connectivity index (χ0v) is 15.5.